The van der Waals surface area contributed by atoms with Gasteiger partial charge in [-0.3, -0.25) is 4.79 Å². The Morgan fingerprint density at radius 3 is 2.48 bits per heavy atom. The molecule has 0 aliphatic rings. The van der Waals surface area contributed by atoms with Crippen molar-refractivity contribution in [2.45, 2.75) is 0 Å². The Morgan fingerprint density at radius 1 is 1.12 bits per heavy atom. The van der Waals surface area contributed by atoms with Gasteiger partial charge in [-0.15, -0.1) is 0 Å². The fourth-order valence-electron chi connectivity index (χ4n) is 2.42. The van der Waals surface area contributed by atoms with Crippen LogP contribution in [0.25, 0.3) is 16.8 Å². The molecule has 0 unspecified atom stereocenters. The molecule has 7 nitrogen and oxygen atoms in total. The molecule has 0 amide bonds. The number of aromatic hydroxyl groups is 1. The standard InChI is InChI=1S/C18H14N2O5/c1-25-15-8-7-12(11-5-3-2-4-6-11)9-13(15)20-10-14(21)17(22)16(19-20)18(23)24/h2-10,21H,1H3,(H,23,24). The summed E-state index contributed by atoms with van der Waals surface area (Å²) in [5, 5.41) is 22.7. The lowest BCUT2D eigenvalue weighted by molar-refractivity contribution is 0.0686. The van der Waals surface area contributed by atoms with Gasteiger partial charge < -0.3 is 14.9 Å². The third-order valence-corrected chi connectivity index (χ3v) is 3.64. The average molecular weight is 338 g/mol. The van der Waals surface area contributed by atoms with Gasteiger partial charge in [-0.05, 0) is 23.3 Å². The van der Waals surface area contributed by atoms with Crippen LogP contribution in [0.2, 0.25) is 0 Å². The van der Waals surface area contributed by atoms with Crippen molar-refractivity contribution >= 4 is 5.97 Å². The van der Waals surface area contributed by atoms with Crippen LogP contribution >= 0.6 is 0 Å². The molecule has 2 aromatic carbocycles. The SMILES string of the molecule is COc1ccc(-c2ccccc2)cc1-n1cc(O)c(=O)c(C(=O)O)n1. The quantitative estimate of drug-likeness (QED) is 0.757. The summed E-state index contributed by atoms with van der Waals surface area (Å²) in [6.45, 7) is 0. The van der Waals surface area contributed by atoms with E-state index in [0.29, 0.717) is 11.4 Å². The number of hydrogen-bond acceptors (Lipinski definition) is 5. The molecule has 0 radical (unpaired) electrons. The Balaban J connectivity index is 2.23. The van der Waals surface area contributed by atoms with Crippen molar-refractivity contribution in [3.8, 4) is 28.3 Å². The van der Waals surface area contributed by atoms with Crippen LogP contribution in [0.4, 0.5) is 0 Å². The van der Waals surface area contributed by atoms with Crippen molar-refractivity contribution in [3.05, 3.63) is 70.6 Å². The Morgan fingerprint density at radius 2 is 1.84 bits per heavy atom. The fraction of sp³-hybridized carbons (Fsp3) is 0.0556. The summed E-state index contributed by atoms with van der Waals surface area (Å²) in [5.74, 6) is -1.82. The molecular formula is C18H14N2O5. The largest absolute Gasteiger partial charge is 0.503 e. The van der Waals surface area contributed by atoms with Crippen LogP contribution in [0, 0.1) is 0 Å². The number of rotatable bonds is 4. The molecule has 25 heavy (non-hydrogen) atoms. The number of carbonyl (C=O) groups is 1. The number of ether oxygens (including phenoxy) is 1. The van der Waals surface area contributed by atoms with Crippen molar-refractivity contribution in [2.24, 2.45) is 0 Å². The first-order chi connectivity index (χ1) is 12.0. The van der Waals surface area contributed by atoms with Crippen LogP contribution in [0.1, 0.15) is 10.5 Å². The Hall–Kier alpha value is -3.61. The molecule has 0 bridgehead atoms. The van der Waals surface area contributed by atoms with E-state index in [1.54, 1.807) is 12.1 Å². The molecule has 3 rings (SSSR count). The maximum absolute atomic E-state index is 11.7. The molecule has 0 spiro atoms. The Labute approximate surface area is 142 Å². The predicted molar refractivity (Wildman–Crippen MR) is 90.4 cm³/mol. The van der Waals surface area contributed by atoms with E-state index in [0.717, 1.165) is 22.0 Å². The summed E-state index contributed by atoms with van der Waals surface area (Å²) < 4.78 is 6.41. The highest BCUT2D eigenvalue weighted by Crippen LogP contribution is 2.29. The van der Waals surface area contributed by atoms with Gasteiger partial charge in [0, 0.05) is 0 Å². The molecule has 0 fully saturated rings. The first-order valence-electron chi connectivity index (χ1n) is 7.31. The summed E-state index contributed by atoms with van der Waals surface area (Å²) in [6.07, 6.45) is 1.06. The fourth-order valence-corrected chi connectivity index (χ4v) is 2.42. The van der Waals surface area contributed by atoms with Crippen molar-refractivity contribution in [3.63, 3.8) is 0 Å². The van der Waals surface area contributed by atoms with E-state index >= 15 is 0 Å². The summed E-state index contributed by atoms with van der Waals surface area (Å²) in [6, 6.07) is 14.8. The third kappa shape index (κ3) is 3.07. The molecule has 0 aliphatic carbocycles. The van der Waals surface area contributed by atoms with Gasteiger partial charge in [0.1, 0.15) is 11.4 Å². The number of hydrogen-bond donors (Lipinski definition) is 2. The maximum atomic E-state index is 11.7. The second-order valence-corrected chi connectivity index (χ2v) is 5.19. The summed E-state index contributed by atoms with van der Waals surface area (Å²) >= 11 is 0. The molecule has 0 saturated carbocycles. The number of aromatic nitrogens is 2. The number of methoxy groups -OCH3 is 1. The summed E-state index contributed by atoms with van der Waals surface area (Å²) in [4.78, 5) is 22.9. The minimum absolute atomic E-state index is 0.390. The van der Waals surface area contributed by atoms with Gasteiger partial charge in [0.25, 0.3) is 5.43 Å². The second-order valence-electron chi connectivity index (χ2n) is 5.19. The van der Waals surface area contributed by atoms with Gasteiger partial charge in [0.05, 0.1) is 13.3 Å². The zero-order valence-electron chi connectivity index (χ0n) is 13.2. The van der Waals surface area contributed by atoms with Crippen LogP contribution in [-0.2, 0) is 0 Å². The molecular weight excluding hydrogens is 324 g/mol. The Bertz CT molecular complexity index is 996. The summed E-state index contributed by atoms with van der Waals surface area (Å²) in [5.41, 5.74) is 0.360. The van der Waals surface area contributed by atoms with Crippen LogP contribution in [0.15, 0.2) is 59.5 Å². The van der Waals surface area contributed by atoms with Crippen LogP contribution in [0.5, 0.6) is 11.5 Å². The minimum Gasteiger partial charge on any atom is -0.503 e. The van der Waals surface area contributed by atoms with E-state index < -0.39 is 22.8 Å². The van der Waals surface area contributed by atoms with Gasteiger partial charge in [-0.2, -0.15) is 5.10 Å². The normalized spacial score (nSPS) is 10.4. The van der Waals surface area contributed by atoms with Gasteiger partial charge >= 0.3 is 5.97 Å². The second kappa shape index (κ2) is 6.48. The predicted octanol–water partition coefficient (Wildman–Crippen LogP) is 2.31. The highest BCUT2D eigenvalue weighted by molar-refractivity contribution is 5.85. The lowest BCUT2D eigenvalue weighted by Crippen LogP contribution is -2.21. The van der Waals surface area contributed by atoms with Crippen molar-refractivity contribution < 1.29 is 19.7 Å². The van der Waals surface area contributed by atoms with E-state index in [1.807, 2.05) is 36.4 Å². The number of carboxylic acids is 1. The van der Waals surface area contributed by atoms with Gasteiger partial charge in [0.15, 0.2) is 5.75 Å². The number of aromatic carboxylic acids is 1. The first kappa shape index (κ1) is 16.3. The number of nitrogens with zero attached hydrogens (tertiary/aromatic N) is 2. The lowest BCUT2D eigenvalue weighted by Gasteiger charge is -2.13. The molecule has 0 saturated heterocycles. The van der Waals surface area contributed by atoms with Crippen molar-refractivity contribution in [2.75, 3.05) is 7.11 Å². The Kier molecular flexibility index (Phi) is 4.21. The molecule has 1 aromatic heterocycles. The molecule has 0 aliphatic heterocycles. The maximum Gasteiger partial charge on any atom is 0.360 e. The zero-order valence-corrected chi connectivity index (χ0v) is 13.2. The molecule has 1 heterocycles. The van der Waals surface area contributed by atoms with E-state index in [9.17, 15) is 14.7 Å². The van der Waals surface area contributed by atoms with Crippen molar-refractivity contribution in [1.29, 1.82) is 0 Å². The van der Waals surface area contributed by atoms with E-state index in [2.05, 4.69) is 5.10 Å². The van der Waals surface area contributed by atoms with E-state index in [1.165, 1.54) is 7.11 Å². The topological polar surface area (TPSA) is 102 Å². The van der Waals surface area contributed by atoms with Crippen molar-refractivity contribution in [1.82, 2.24) is 9.78 Å². The molecule has 0 atom stereocenters. The van der Waals surface area contributed by atoms with Crippen LogP contribution in [-0.4, -0.2) is 33.1 Å². The van der Waals surface area contributed by atoms with Crippen LogP contribution in [0.3, 0.4) is 0 Å². The molecule has 3 aromatic rings. The third-order valence-electron chi connectivity index (χ3n) is 3.64. The average Bonchev–Trinajstić information content (AvgIpc) is 2.63. The van der Waals surface area contributed by atoms with Gasteiger partial charge in [0.2, 0.25) is 5.69 Å². The number of benzene rings is 2. The lowest BCUT2D eigenvalue weighted by atomic mass is 10.0. The monoisotopic (exact) mass is 338 g/mol. The number of carboxylic acid groups (broad SMARTS) is 1. The zero-order chi connectivity index (χ0) is 18.0. The molecule has 2 N–H and O–H groups in total. The van der Waals surface area contributed by atoms with E-state index in [-0.39, 0.29) is 0 Å². The first-order valence-corrected chi connectivity index (χ1v) is 7.31. The van der Waals surface area contributed by atoms with E-state index in [4.69, 9.17) is 9.84 Å². The highest BCUT2D eigenvalue weighted by atomic mass is 16.5. The van der Waals surface area contributed by atoms with Gasteiger partial charge in [-0.25, -0.2) is 9.48 Å². The van der Waals surface area contributed by atoms with Crippen LogP contribution < -0.4 is 10.2 Å². The smallest absolute Gasteiger partial charge is 0.360 e. The minimum atomic E-state index is -1.52. The van der Waals surface area contributed by atoms with Gasteiger partial charge in [-0.1, -0.05) is 36.4 Å². The molecule has 126 valence electrons. The summed E-state index contributed by atoms with van der Waals surface area (Å²) in [7, 11) is 1.46. The molecule has 7 heteroatoms. The highest BCUT2D eigenvalue weighted by Gasteiger charge is 2.18.